The van der Waals surface area contributed by atoms with E-state index in [1.165, 1.54) is 0 Å². The SMILES string of the molecule is CCC(COC)NOCC(C)C. The number of methoxy groups -OCH3 is 1. The highest BCUT2D eigenvalue weighted by Gasteiger charge is 2.04. The Morgan fingerprint density at radius 1 is 1.25 bits per heavy atom. The average molecular weight is 175 g/mol. The van der Waals surface area contributed by atoms with Gasteiger partial charge in [0.2, 0.25) is 0 Å². The minimum Gasteiger partial charge on any atom is -0.383 e. The van der Waals surface area contributed by atoms with Gasteiger partial charge in [0, 0.05) is 7.11 Å². The molecule has 1 unspecified atom stereocenters. The molecule has 0 heterocycles. The minimum absolute atomic E-state index is 0.314. The van der Waals surface area contributed by atoms with Gasteiger partial charge in [-0.15, -0.1) is 0 Å². The van der Waals surface area contributed by atoms with E-state index in [4.69, 9.17) is 9.57 Å². The van der Waals surface area contributed by atoms with Crippen molar-refractivity contribution in [1.82, 2.24) is 5.48 Å². The summed E-state index contributed by atoms with van der Waals surface area (Å²) in [5.74, 6) is 0.567. The molecule has 0 spiro atoms. The van der Waals surface area contributed by atoms with Gasteiger partial charge < -0.3 is 9.57 Å². The Balaban J connectivity index is 3.31. The normalized spacial score (nSPS) is 13.8. The van der Waals surface area contributed by atoms with E-state index in [9.17, 15) is 0 Å². The Hall–Kier alpha value is -0.120. The Bertz CT molecular complexity index is 96.5. The van der Waals surface area contributed by atoms with Gasteiger partial charge in [0.05, 0.1) is 19.3 Å². The van der Waals surface area contributed by atoms with E-state index in [0.717, 1.165) is 13.0 Å². The summed E-state index contributed by atoms with van der Waals surface area (Å²) in [5, 5.41) is 0. The highest BCUT2D eigenvalue weighted by atomic mass is 16.6. The number of ether oxygens (including phenoxy) is 1. The number of nitrogens with one attached hydrogen (secondary N) is 1. The number of hydrogen-bond acceptors (Lipinski definition) is 3. The molecule has 12 heavy (non-hydrogen) atoms. The number of hydroxylamine groups is 1. The third-order valence-electron chi connectivity index (χ3n) is 1.53. The Labute approximate surface area is 75.4 Å². The van der Waals surface area contributed by atoms with Gasteiger partial charge in [0.15, 0.2) is 0 Å². The van der Waals surface area contributed by atoms with Crippen LogP contribution < -0.4 is 5.48 Å². The van der Waals surface area contributed by atoms with E-state index in [0.29, 0.717) is 18.6 Å². The first kappa shape index (κ1) is 11.9. The van der Waals surface area contributed by atoms with Crippen LogP contribution in [0.4, 0.5) is 0 Å². The summed E-state index contributed by atoms with van der Waals surface area (Å²) < 4.78 is 5.01. The van der Waals surface area contributed by atoms with Gasteiger partial charge in [-0.2, -0.15) is 5.48 Å². The maximum absolute atomic E-state index is 5.27. The van der Waals surface area contributed by atoms with Crippen molar-refractivity contribution in [3.63, 3.8) is 0 Å². The van der Waals surface area contributed by atoms with Gasteiger partial charge in [0.25, 0.3) is 0 Å². The lowest BCUT2D eigenvalue weighted by Crippen LogP contribution is -2.33. The lowest BCUT2D eigenvalue weighted by molar-refractivity contribution is -0.0176. The molecular weight excluding hydrogens is 154 g/mol. The van der Waals surface area contributed by atoms with E-state index in [1.54, 1.807) is 7.11 Å². The summed E-state index contributed by atoms with van der Waals surface area (Å²) in [4.78, 5) is 5.27. The lowest BCUT2D eigenvalue weighted by Gasteiger charge is -2.16. The molecule has 0 saturated carbocycles. The van der Waals surface area contributed by atoms with Crippen molar-refractivity contribution >= 4 is 0 Å². The lowest BCUT2D eigenvalue weighted by atomic mass is 10.2. The third-order valence-corrected chi connectivity index (χ3v) is 1.53. The van der Waals surface area contributed by atoms with Gasteiger partial charge in [-0.1, -0.05) is 20.8 Å². The molecule has 0 aliphatic heterocycles. The van der Waals surface area contributed by atoms with Crippen LogP contribution >= 0.6 is 0 Å². The molecule has 0 rings (SSSR count). The van der Waals surface area contributed by atoms with Crippen LogP contribution in [0.2, 0.25) is 0 Å². The van der Waals surface area contributed by atoms with E-state index in [2.05, 4.69) is 26.3 Å². The first-order valence-corrected chi connectivity index (χ1v) is 4.56. The Morgan fingerprint density at radius 3 is 2.33 bits per heavy atom. The first-order chi connectivity index (χ1) is 5.70. The fourth-order valence-electron chi connectivity index (χ4n) is 0.769. The van der Waals surface area contributed by atoms with Crippen LogP contribution in [0.3, 0.4) is 0 Å². The summed E-state index contributed by atoms with van der Waals surface area (Å²) in [5.41, 5.74) is 2.98. The van der Waals surface area contributed by atoms with Crippen LogP contribution in [0, 0.1) is 5.92 Å². The fraction of sp³-hybridized carbons (Fsp3) is 1.00. The zero-order chi connectivity index (χ0) is 9.40. The fourth-order valence-corrected chi connectivity index (χ4v) is 0.769. The quantitative estimate of drug-likeness (QED) is 0.596. The molecule has 0 aromatic heterocycles. The van der Waals surface area contributed by atoms with Crippen LogP contribution in [0.25, 0.3) is 0 Å². The maximum atomic E-state index is 5.27. The zero-order valence-electron chi connectivity index (χ0n) is 8.59. The van der Waals surface area contributed by atoms with Crippen LogP contribution in [0.15, 0.2) is 0 Å². The Kier molecular flexibility index (Phi) is 7.45. The predicted molar refractivity (Wildman–Crippen MR) is 49.9 cm³/mol. The van der Waals surface area contributed by atoms with Crippen molar-refractivity contribution in [3.8, 4) is 0 Å². The topological polar surface area (TPSA) is 30.5 Å². The minimum atomic E-state index is 0.314. The molecule has 0 fully saturated rings. The zero-order valence-corrected chi connectivity index (χ0v) is 8.59. The van der Waals surface area contributed by atoms with E-state index < -0.39 is 0 Å². The molecule has 0 aromatic carbocycles. The summed E-state index contributed by atoms with van der Waals surface area (Å²) in [7, 11) is 1.70. The van der Waals surface area contributed by atoms with Crippen LogP contribution in [-0.4, -0.2) is 26.4 Å². The molecule has 0 aliphatic rings. The third kappa shape index (κ3) is 6.58. The second-order valence-electron chi connectivity index (χ2n) is 3.38. The van der Waals surface area contributed by atoms with Crippen molar-refractivity contribution in [2.45, 2.75) is 33.2 Å². The molecule has 0 saturated heterocycles. The van der Waals surface area contributed by atoms with Crippen LogP contribution in [0.5, 0.6) is 0 Å². The average Bonchev–Trinajstić information content (AvgIpc) is 2.02. The van der Waals surface area contributed by atoms with E-state index >= 15 is 0 Å². The maximum Gasteiger partial charge on any atom is 0.0705 e. The van der Waals surface area contributed by atoms with Crippen molar-refractivity contribution in [2.75, 3.05) is 20.3 Å². The number of rotatable bonds is 7. The van der Waals surface area contributed by atoms with Gasteiger partial charge in [-0.25, -0.2) is 0 Å². The molecular formula is C9H21NO2. The van der Waals surface area contributed by atoms with E-state index in [1.807, 2.05) is 0 Å². The molecule has 0 bridgehead atoms. The first-order valence-electron chi connectivity index (χ1n) is 4.56. The highest BCUT2D eigenvalue weighted by molar-refractivity contribution is 4.56. The van der Waals surface area contributed by atoms with Gasteiger partial charge >= 0.3 is 0 Å². The molecule has 0 radical (unpaired) electrons. The second-order valence-corrected chi connectivity index (χ2v) is 3.38. The van der Waals surface area contributed by atoms with Gasteiger partial charge in [-0.05, 0) is 12.3 Å². The largest absolute Gasteiger partial charge is 0.383 e. The molecule has 0 amide bonds. The van der Waals surface area contributed by atoms with Crippen molar-refractivity contribution in [2.24, 2.45) is 5.92 Å². The number of hydrogen-bond donors (Lipinski definition) is 1. The summed E-state index contributed by atoms with van der Waals surface area (Å²) in [6, 6.07) is 0.314. The smallest absolute Gasteiger partial charge is 0.0705 e. The molecule has 74 valence electrons. The molecule has 0 aliphatic carbocycles. The van der Waals surface area contributed by atoms with Crippen molar-refractivity contribution < 1.29 is 9.57 Å². The molecule has 3 heteroatoms. The van der Waals surface area contributed by atoms with E-state index in [-0.39, 0.29) is 0 Å². The van der Waals surface area contributed by atoms with Gasteiger partial charge in [0.1, 0.15) is 0 Å². The molecule has 1 atom stereocenters. The Morgan fingerprint density at radius 2 is 1.92 bits per heavy atom. The van der Waals surface area contributed by atoms with Crippen LogP contribution in [-0.2, 0) is 9.57 Å². The molecule has 0 aromatic rings. The molecule has 1 N–H and O–H groups in total. The summed E-state index contributed by atoms with van der Waals surface area (Å²) >= 11 is 0. The summed E-state index contributed by atoms with van der Waals surface area (Å²) in [6.45, 7) is 7.81. The highest BCUT2D eigenvalue weighted by Crippen LogP contribution is 1.94. The summed E-state index contributed by atoms with van der Waals surface area (Å²) in [6.07, 6.45) is 1.02. The molecule has 3 nitrogen and oxygen atoms in total. The monoisotopic (exact) mass is 175 g/mol. The standard InChI is InChI=1S/C9H21NO2/c1-5-9(7-11-4)10-12-6-8(2)3/h8-10H,5-7H2,1-4H3. The van der Waals surface area contributed by atoms with Gasteiger partial charge in [-0.3, -0.25) is 0 Å². The predicted octanol–water partition coefficient (Wildman–Crippen LogP) is 1.59. The van der Waals surface area contributed by atoms with Crippen molar-refractivity contribution in [3.05, 3.63) is 0 Å². The van der Waals surface area contributed by atoms with Crippen LogP contribution in [0.1, 0.15) is 27.2 Å². The second kappa shape index (κ2) is 7.53. The van der Waals surface area contributed by atoms with Crippen molar-refractivity contribution in [1.29, 1.82) is 0 Å².